The molecule has 2 rings (SSSR count). The van der Waals surface area contributed by atoms with Crippen LogP contribution in [0.1, 0.15) is 25.8 Å². The van der Waals surface area contributed by atoms with E-state index in [9.17, 15) is 0 Å². The molecule has 1 fully saturated rings. The minimum absolute atomic E-state index is 0.387. The van der Waals surface area contributed by atoms with E-state index in [0.29, 0.717) is 11.3 Å². The summed E-state index contributed by atoms with van der Waals surface area (Å²) in [4.78, 5) is 2.44. The Bertz CT molecular complexity index is 434. The van der Waals surface area contributed by atoms with Gasteiger partial charge in [0.1, 0.15) is 0 Å². The van der Waals surface area contributed by atoms with Gasteiger partial charge in [-0.15, -0.1) is 0 Å². The van der Waals surface area contributed by atoms with E-state index in [4.69, 9.17) is 17.3 Å². The summed E-state index contributed by atoms with van der Waals surface area (Å²) in [5.41, 5.74) is 7.98. The predicted octanol–water partition coefficient (Wildman–Crippen LogP) is 3.56. The maximum Gasteiger partial charge on any atom is 0.0459 e. The fraction of sp³-hybridized carbons (Fsp3) is 0.600. The fourth-order valence-corrected chi connectivity index (χ4v) is 3.74. The Labute approximate surface area is 125 Å². The molecular formula is C15H23ClN2S. The van der Waals surface area contributed by atoms with Gasteiger partial charge in [-0.25, -0.2) is 0 Å². The number of anilines is 1. The van der Waals surface area contributed by atoms with Gasteiger partial charge < -0.3 is 10.6 Å². The van der Waals surface area contributed by atoms with Crippen LogP contribution in [0.5, 0.6) is 0 Å². The molecule has 0 radical (unpaired) electrons. The Morgan fingerprint density at radius 3 is 2.84 bits per heavy atom. The van der Waals surface area contributed by atoms with Gasteiger partial charge in [0.15, 0.2) is 0 Å². The summed E-state index contributed by atoms with van der Waals surface area (Å²) in [6.45, 7) is 7.51. The van der Waals surface area contributed by atoms with Gasteiger partial charge in [-0.2, -0.15) is 11.8 Å². The zero-order valence-electron chi connectivity index (χ0n) is 11.8. The molecule has 1 aliphatic heterocycles. The summed E-state index contributed by atoms with van der Waals surface area (Å²) in [5, 5.41) is 0.846. The van der Waals surface area contributed by atoms with Crippen LogP contribution in [-0.4, -0.2) is 30.1 Å². The molecule has 2 nitrogen and oxygen atoms in total. The molecule has 0 unspecified atom stereocenters. The lowest BCUT2D eigenvalue weighted by Crippen LogP contribution is -2.26. The average molecular weight is 299 g/mol. The van der Waals surface area contributed by atoms with Gasteiger partial charge in [-0.3, -0.25) is 0 Å². The Morgan fingerprint density at radius 2 is 2.16 bits per heavy atom. The number of benzene rings is 1. The van der Waals surface area contributed by atoms with Crippen LogP contribution in [0, 0.1) is 0 Å². The van der Waals surface area contributed by atoms with Crippen LogP contribution in [0.3, 0.4) is 0 Å². The van der Waals surface area contributed by atoms with Crippen LogP contribution in [0.2, 0.25) is 5.02 Å². The van der Waals surface area contributed by atoms with Crippen LogP contribution in [0.4, 0.5) is 5.69 Å². The second-order valence-electron chi connectivity index (χ2n) is 5.66. The van der Waals surface area contributed by atoms with E-state index in [1.807, 2.05) is 0 Å². The van der Waals surface area contributed by atoms with Gasteiger partial charge in [0.25, 0.3) is 0 Å². The summed E-state index contributed by atoms with van der Waals surface area (Å²) in [6.07, 6.45) is 2.06. The van der Waals surface area contributed by atoms with Crippen molar-refractivity contribution in [1.82, 2.24) is 0 Å². The van der Waals surface area contributed by atoms with Crippen molar-refractivity contribution in [2.45, 2.75) is 31.4 Å². The van der Waals surface area contributed by atoms with Gasteiger partial charge in [-0.1, -0.05) is 31.5 Å². The summed E-state index contributed by atoms with van der Waals surface area (Å²) in [5.74, 6) is 1.18. The second kappa shape index (κ2) is 6.38. The molecule has 0 atom stereocenters. The first-order valence-electron chi connectivity index (χ1n) is 6.89. The van der Waals surface area contributed by atoms with Gasteiger partial charge in [0.05, 0.1) is 0 Å². The molecule has 1 heterocycles. The summed E-state index contributed by atoms with van der Waals surface area (Å²) in [6, 6.07) is 6.39. The highest BCUT2D eigenvalue weighted by Crippen LogP contribution is 2.33. The number of thioether (sulfide) groups is 1. The standard InChI is InChI=1S/C15H23ClN2S/c1-15(2)6-8-18(9-10-19-15)13-4-3-12(5-7-17)14(16)11-13/h3-4,11H,5-10,17H2,1-2H3. The van der Waals surface area contributed by atoms with Crippen LogP contribution in [0.25, 0.3) is 0 Å². The molecule has 0 spiro atoms. The number of rotatable bonds is 3. The molecule has 1 aromatic carbocycles. The van der Waals surface area contributed by atoms with E-state index < -0.39 is 0 Å². The van der Waals surface area contributed by atoms with Gasteiger partial charge >= 0.3 is 0 Å². The normalized spacial score (nSPS) is 19.3. The number of nitrogens with zero attached hydrogens (tertiary/aromatic N) is 1. The summed E-state index contributed by atoms with van der Waals surface area (Å²) >= 11 is 8.40. The molecular weight excluding hydrogens is 276 g/mol. The van der Waals surface area contributed by atoms with Crippen molar-refractivity contribution in [2.24, 2.45) is 5.73 Å². The zero-order valence-corrected chi connectivity index (χ0v) is 13.4. The van der Waals surface area contributed by atoms with E-state index in [0.717, 1.165) is 30.1 Å². The lowest BCUT2D eigenvalue weighted by molar-refractivity contribution is 0.638. The number of hydrogen-bond donors (Lipinski definition) is 1. The molecule has 2 N–H and O–H groups in total. The molecule has 1 aromatic rings. The molecule has 1 aliphatic rings. The Balaban J connectivity index is 2.11. The van der Waals surface area contributed by atoms with E-state index in [1.165, 1.54) is 17.9 Å². The predicted molar refractivity (Wildman–Crippen MR) is 87.6 cm³/mol. The topological polar surface area (TPSA) is 29.3 Å². The van der Waals surface area contributed by atoms with Crippen molar-refractivity contribution in [3.63, 3.8) is 0 Å². The highest BCUT2D eigenvalue weighted by Gasteiger charge is 2.23. The number of hydrogen-bond acceptors (Lipinski definition) is 3. The highest BCUT2D eigenvalue weighted by molar-refractivity contribution is 8.00. The largest absolute Gasteiger partial charge is 0.371 e. The third-order valence-electron chi connectivity index (χ3n) is 3.65. The Hall–Kier alpha value is -0.380. The van der Waals surface area contributed by atoms with Crippen molar-refractivity contribution in [3.05, 3.63) is 28.8 Å². The van der Waals surface area contributed by atoms with E-state index in [1.54, 1.807) is 0 Å². The third kappa shape index (κ3) is 4.04. The molecule has 19 heavy (non-hydrogen) atoms. The number of halogens is 1. The maximum absolute atomic E-state index is 6.34. The lowest BCUT2D eigenvalue weighted by Gasteiger charge is -2.24. The molecule has 4 heteroatoms. The van der Waals surface area contributed by atoms with Crippen molar-refractivity contribution in [2.75, 3.05) is 30.3 Å². The average Bonchev–Trinajstić information content (AvgIpc) is 2.53. The quantitative estimate of drug-likeness (QED) is 0.925. The van der Waals surface area contributed by atoms with E-state index in [2.05, 4.69) is 48.7 Å². The number of nitrogens with two attached hydrogens (primary N) is 1. The highest BCUT2D eigenvalue weighted by atomic mass is 35.5. The first-order valence-corrected chi connectivity index (χ1v) is 8.25. The first kappa shape index (κ1) is 15.0. The molecule has 1 saturated heterocycles. The third-order valence-corrected chi connectivity index (χ3v) is 5.38. The molecule has 0 amide bonds. The van der Waals surface area contributed by atoms with Gasteiger partial charge in [-0.05, 0) is 37.1 Å². The van der Waals surface area contributed by atoms with Crippen molar-refractivity contribution >= 4 is 29.1 Å². The lowest BCUT2D eigenvalue weighted by atomic mass is 10.1. The fourth-order valence-electron chi connectivity index (χ4n) is 2.37. The molecule has 0 saturated carbocycles. The van der Waals surface area contributed by atoms with E-state index >= 15 is 0 Å². The van der Waals surface area contributed by atoms with Crippen molar-refractivity contribution in [3.8, 4) is 0 Å². The SMILES string of the molecule is CC1(C)CCN(c2ccc(CCN)c(Cl)c2)CCS1. The van der Waals surface area contributed by atoms with Crippen LogP contribution >= 0.6 is 23.4 Å². The van der Waals surface area contributed by atoms with Crippen molar-refractivity contribution in [1.29, 1.82) is 0 Å². The molecule has 0 bridgehead atoms. The molecule has 0 aliphatic carbocycles. The van der Waals surface area contributed by atoms with Crippen LogP contribution in [-0.2, 0) is 6.42 Å². The Kier molecular flexibility index (Phi) is 5.04. The zero-order chi connectivity index (χ0) is 13.9. The summed E-state index contributed by atoms with van der Waals surface area (Å²) < 4.78 is 0.387. The van der Waals surface area contributed by atoms with E-state index in [-0.39, 0.29) is 0 Å². The minimum atomic E-state index is 0.387. The Morgan fingerprint density at radius 1 is 1.37 bits per heavy atom. The summed E-state index contributed by atoms with van der Waals surface area (Å²) in [7, 11) is 0. The molecule has 106 valence electrons. The monoisotopic (exact) mass is 298 g/mol. The van der Waals surface area contributed by atoms with Crippen LogP contribution < -0.4 is 10.6 Å². The van der Waals surface area contributed by atoms with Gasteiger partial charge in [0.2, 0.25) is 0 Å². The van der Waals surface area contributed by atoms with Crippen molar-refractivity contribution < 1.29 is 0 Å². The minimum Gasteiger partial charge on any atom is -0.371 e. The maximum atomic E-state index is 6.34. The molecule has 0 aromatic heterocycles. The first-order chi connectivity index (χ1) is 9.02. The smallest absolute Gasteiger partial charge is 0.0459 e. The van der Waals surface area contributed by atoms with Crippen LogP contribution in [0.15, 0.2) is 18.2 Å². The second-order valence-corrected chi connectivity index (χ2v) is 7.87. The van der Waals surface area contributed by atoms with Gasteiger partial charge in [0, 0.05) is 34.3 Å².